The molecular formula is C25H24N4O5. The lowest BCUT2D eigenvalue weighted by Crippen LogP contribution is -2.62. The van der Waals surface area contributed by atoms with Gasteiger partial charge in [0.05, 0.1) is 30.3 Å². The third-order valence-corrected chi connectivity index (χ3v) is 6.90. The van der Waals surface area contributed by atoms with E-state index in [1.807, 2.05) is 42.5 Å². The summed E-state index contributed by atoms with van der Waals surface area (Å²) in [6.45, 7) is 0.262. The van der Waals surface area contributed by atoms with Crippen LogP contribution in [-0.4, -0.2) is 72.1 Å². The number of nitrogens with zero attached hydrogens (tertiary/aromatic N) is 3. The maximum atomic E-state index is 13.4. The monoisotopic (exact) mass is 460 g/mol. The Balaban J connectivity index is 1.65. The van der Waals surface area contributed by atoms with Gasteiger partial charge in [0.1, 0.15) is 6.04 Å². The molecule has 1 aromatic heterocycles. The maximum Gasteiger partial charge on any atom is 0.245 e. The maximum absolute atomic E-state index is 13.4. The van der Waals surface area contributed by atoms with E-state index in [1.54, 1.807) is 23.6 Å². The van der Waals surface area contributed by atoms with E-state index in [-0.39, 0.29) is 37.6 Å². The molecule has 3 aromatic rings. The van der Waals surface area contributed by atoms with Gasteiger partial charge in [-0.05, 0) is 36.4 Å². The number of hydrogen-bond acceptors (Lipinski definition) is 6. The molecule has 4 heterocycles. The number of piperazine rings is 1. The van der Waals surface area contributed by atoms with Crippen LogP contribution in [0.3, 0.4) is 0 Å². The number of ether oxygens (including phenoxy) is 2. The van der Waals surface area contributed by atoms with Crippen LogP contribution in [0.1, 0.15) is 27.7 Å². The number of carbonyl (C=O) groups excluding carboxylic acids is 3. The van der Waals surface area contributed by atoms with Gasteiger partial charge >= 0.3 is 0 Å². The van der Waals surface area contributed by atoms with E-state index in [0.717, 1.165) is 27.7 Å². The lowest BCUT2D eigenvalue weighted by molar-refractivity contribution is -0.157. The fourth-order valence-corrected chi connectivity index (χ4v) is 5.47. The number of aromatic nitrogens is 1. The zero-order valence-corrected chi connectivity index (χ0v) is 18.9. The molecule has 9 nitrogen and oxygen atoms in total. The summed E-state index contributed by atoms with van der Waals surface area (Å²) in [6.07, 6.45) is 0.353. The van der Waals surface area contributed by atoms with Crippen molar-refractivity contribution in [2.24, 2.45) is 0 Å². The van der Waals surface area contributed by atoms with E-state index in [9.17, 15) is 14.4 Å². The van der Waals surface area contributed by atoms with Gasteiger partial charge in [0.15, 0.2) is 11.5 Å². The topological polar surface area (TPSA) is 93.1 Å². The lowest BCUT2D eigenvalue weighted by Gasteiger charge is -2.46. The first-order valence-corrected chi connectivity index (χ1v) is 11.2. The minimum Gasteiger partial charge on any atom is -0.454 e. The number of nitrogens with one attached hydrogen (secondary N) is 1. The smallest absolute Gasteiger partial charge is 0.245 e. The highest BCUT2D eigenvalue weighted by atomic mass is 16.7. The minimum atomic E-state index is -0.646. The van der Waals surface area contributed by atoms with Crippen molar-refractivity contribution in [1.29, 1.82) is 0 Å². The van der Waals surface area contributed by atoms with Crippen molar-refractivity contribution in [1.82, 2.24) is 19.7 Å². The Kier molecular flexibility index (Phi) is 4.63. The van der Waals surface area contributed by atoms with Crippen LogP contribution in [0.25, 0.3) is 10.9 Å². The van der Waals surface area contributed by atoms with Crippen LogP contribution in [0, 0.1) is 0 Å². The average Bonchev–Trinajstić information content (AvgIpc) is 3.43. The van der Waals surface area contributed by atoms with E-state index in [1.165, 1.54) is 4.90 Å². The average molecular weight is 460 g/mol. The van der Waals surface area contributed by atoms with Gasteiger partial charge in [-0.25, -0.2) is 0 Å². The third kappa shape index (κ3) is 2.86. The second-order valence-corrected chi connectivity index (χ2v) is 8.87. The largest absolute Gasteiger partial charge is 0.454 e. The first-order valence-electron chi connectivity index (χ1n) is 11.2. The molecule has 2 amide bonds. The molecule has 0 unspecified atom stereocenters. The molecule has 2 atom stereocenters. The van der Waals surface area contributed by atoms with Crippen molar-refractivity contribution >= 4 is 28.6 Å². The van der Waals surface area contributed by atoms with Crippen molar-refractivity contribution in [3.63, 3.8) is 0 Å². The van der Waals surface area contributed by atoms with E-state index in [0.29, 0.717) is 17.9 Å². The molecule has 0 spiro atoms. The van der Waals surface area contributed by atoms with Crippen molar-refractivity contribution < 1.29 is 23.9 Å². The van der Waals surface area contributed by atoms with Gasteiger partial charge in [0.2, 0.25) is 24.5 Å². The molecule has 3 aliphatic rings. The summed E-state index contributed by atoms with van der Waals surface area (Å²) in [4.78, 5) is 43.2. The van der Waals surface area contributed by atoms with Gasteiger partial charge in [-0.2, -0.15) is 0 Å². The molecule has 1 fully saturated rings. The number of fused-ring (bicyclic) bond motifs is 5. The summed E-state index contributed by atoms with van der Waals surface area (Å²) in [6, 6.07) is 12.0. The molecule has 0 bridgehead atoms. The van der Waals surface area contributed by atoms with Crippen LogP contribution in [0.4, 0.5) is 0 Å². The Morgan fingerprint density at radius 1 is 1.12 bits per heavy atom. The fraction of sp³-hybridized carbons (Fsp3) is 0.320. The zero-order valence-electron chi connectivity index (χ0n) is 18.9. The normalized spacial score (nSPS) is 21.1. The Morgan fingerprint density at radius 2 is 1.91 bits per heavy atom. The van der Waals surface area contributed by atoms with E-state index in [2.05, 4.69) is 5.32 Å². The number of para-hydroxylation sites is 1. The lowest BCUT2D eigenvalue weighted by atomic mass is 9.86. The van der Waals surface area contributed by atoms with Crippen LogP contribution in [-0.2, 0) is 16.0 Å². The highest BCUT2D eigenvalue weighted by Gasteiger charge is 2.49. The highest BCUT2D eigenvalue weighted by molar-refractivity contribution is 6.01. The zero-order chi connectivity index (χ0) is 23.6. The van der Waals surface area contributed by atoms with Gasteiger partial charge in [-0.1, -0.05) is 24.3 Å². The van der Waals surface area contributed by atoms with Crippen LogP contribution < -0.4 is 14.8 Å². The number of hydrogen-bond donors (Lipinski definition) is 1. The summed E-state index contributed by atoms with van der Waals surface area (Å²) in [7, 11) is 3.38. The molecule has 9 heteroatoms. The first kappa shape index (κ1) is 20.7. The summed E-state index contributed by atoms with van der Waals surface area (Å²) in [5.74, 6) is 0.826. The molecule has 0 saturated carbocycles. The Hall–Kier alpha value is -3.85. The number of benzene rings is 2. The van der Waals surface area contributed by atoms with Gasteiger partial charge in [0.25, 0.3) is 0 Å². The number of likely N-dealkylation sites (N-methyl/N-ethyl adjacent to an activating group) is 2. The molecule has 6 rings (SSSR count). The highest BCUT2D eigenvalue weighted by Crippen LogP contribution is 2.46. The van der Waals surface area contributed by atoms with Gasteiger partial charge in [-0.3, -0.25) is 19.0 Å². The molecule has 0 radical (unpaired) electrons. The van der Waals surface area contributed by atoms with E-state index in [4.69, 9.17) is 9.47 Å². The van der Waals surface area contributed by atoms with E-state index >= 15 is 0 Å². The molecule has 3 aliphatic heterocycles. The van der Waals surface area contributed by atoms with Crippen molar-refractivity contribution in [3.8, 4) is 11.5 Å². The number of rotatable bonds is 3. The number of carbonyl (C=O) groups is 3. The summed E-state index contributed by atoms with van der Waals surface area (Å²) in [5.41, 5.74) is 3.18. The Bertz CT molecular complexity index is 1360. The molecule has 1 saturated heterocycles. The summed E-state index contributed by atoms with van der Waals surface area (Å²) >= 11 is 0. The Labute approximate surface area is 195 Å². The standard InChI is InChI=1S/C25H24N4O5/c1-26-11-21(30)28-17-6-4-3-5-15(17)16-10-18-25(32)27(2)12-22(31)29(18)23(24(16)28)14-7-8-19-20(9-14)34-13-33-19/h3-9,18,23,26H,10-13H2,1-2H3/t18-,23-/m1/s1. The van der Waals surface area contributed by atoms with Gasteiger partial charge < -0.3 is 24.6 Å². The predicted molar refractivity (Wildman–Crippen MR) is 123 cm³/mol. The predicted octanol–water partition coefficient (Wildman–Crippen LogP) is 1.54. The summed E-state index contributed by atoms with van der Waals surface area (Å²) in [5, 5.41) is 3.86. The SMILES string of the molecule is CNCC(=O)n1c2c(c3ccccc31)C[C@@H]1C(=O)N(C)CC(=O)N1[C@@H]2c1ccc2c(c1)OCO2. The molecule has 174 valence electrons. The quantitative estimate of drug-likeness (QED) is 0.638. The summed E-state index contributed by atoms with van der Waals surface area (Å²) < 4.78 is 12.8. The fourth-order valence-electron chi connectivity index (χ4n) is 5.47. The van der Waals surface area contributed by atoms with Crippen LogP contribution in [0.2, 0.25) is 0 Å². The van der Waals surface area contributed by atoms with Crippen molar-refractivity contribution in [2.75, 3.05) is 34.0 Å². The van der Waals surface area contributed by atoms with Gasteiger partial charge in [0, 0.05) is 18.9 Å². The van der Waals surface area contributed by atoms with Crippen molar-refractivity contribution in [2.45, 2.75) is 18.5 Å². The first-order chi connectivity index (χ1) is 16.5. The second-order valence-electron chi connectivity index (χ2n) is 8.87. The molecule has 2 aromatic carbocycles. The van der Waals surface area contributed by atoms with Crippen LogP contribution in [0.15, 0.2) is 42.5 Å². The number of amides is 2. The van der Waals surface area contributed by atoms with E-state index < -0.39 is 12.1 Å². The molecule has 1 N–H and O–H groups in total. The molecule has 34 heavy (non-hydrogen) atoms. The minimum absolute atomic E-state index is 0.00356. The van der Waals surface area contributed by atoms with Crippen LogP contribution >= 0.6 is 0 Å². The van der Waals surface area contributed by atoms with Crippen LogP contribution in [0.5, 0.6) is 11.5 Å². The molecular weight excluding hydrogens is 436 g/mol. The van der Waals surface area contributed by atoms with Crippen molar-refractivity contribution in [3.05, 3.63) is 59.3 Å². The third-order valence-electron chi connectivity index (χ3n) is 6.90. The molecule has 0 aliphatic carbocycles. The second kappa shape index (κ2) is 7.59. The van der Waals surface area contributed by atoms with Gasteiger partial charge in [-0.15, -0.1) is 0 Å². The Morgan fingerprint density at radius 3 is 2.74 bits per heavy atom.